The molecule has 0 heterocycles. The van der Waals surface area contributed by atoms with Crippen LogP contribution >= 0.6 is 0 Å². The van der Waals surface area contributed by atoms with E-state index in [1.165, 1.54) is 13.8 Å². The Morgan fingerprint density at radius 3 is 0.627 bits per heavy atom. The lowest BCUT2D eigenvalue weighted by atomic mass is 9.89. The van der Waals surface area contributed by atoms with E-state index >= 15 is 0 Å². The highest BCUT2D eigenvalue weighted by Crippen LogP contribution is 2.30. The summed E-state index contributed by atoms with van der Waals surface area (Å²) in [4.78, 5) is 91.1. The van der Waals surface area contributed by atoms with E-state index in [-0.39, 0.29) is 6.61 Å². The van der Waals surface area contributed by atoms with Gasteiger partial charge in [-0.3, -0.25) is 33.6 Å². The molecule has 0 amide bonds. The molecule has 3 atom stereocenters. The Kier molecular flexibility index (Phi) is 21.5. The monoisotopic (exact) mass is 858 g/mol. The van der Waals surface area contributed by atoms with E-state index in [4.69, 9.17) is 33.2 Å². The van der Waals surface area contributed by atoms with Crippen molar-refractivity contribution < 1.29 is 108 Å². The SMILES string of the molecule is CCOC(=O)C(C)(CO)COC(=O)C(C)(COC(=O)C(C)(CO)CO)COC(=O)C(C)(CO)COC(=O)C(C)(COC(=O)C(C)(CO)CO)COC(=O)C(C)(CO)CO. The Hall–Kier alpha value is -4.03. The quantitative estimate of drug-likeness (QED) is 0.0284. The van der Waals surface area contributed by atoms with Gasteiger partial charge in [0.05, 0.1) is 59.5 Å². The standard InChI is InChI=1S/C37H62O22/c1-9-53-27(49)34(5,16-44)18-54-30(52)37(8,22-58-26(48)33(4,14-42)15-43)23-59-28(50)35(6,17-45)19-55-29(51)36(7,20-56-24(46)31(2,10-38)11-39)21-57-25(47)32(3,12-40)13-41/h38-45H,9-23H2,1-8H3. The molecule has 0 radical (unpaired) electrons. The van der Waals surface area contributed by atoms with Crippen LogP contribution in [0.3, 0.4) is 0 Å². The molecular formula is C37H62O22. The molecule has 0 aromatic heterocycles. The topological polar surface area (TPSA) is 346 Å². The molecule has 0 spiro atoms. The number of hydrogen-bond acceptors (Lipinski definition) is 22. The predicted molar refractivity (Wildman–Crippen MR) is 196 cm³/mol. The molecular weight excluding hydrogens is 796 g/mol. The highest BCUT2D eigenvalue weighted by atomic mass is 16.6. The molecule has 0 fully saturated rings. The Morgan fingerprint density at radius 2 is 0.441 bits per heavy atom. The third-order valence-electron chi connectivity index (χ3n) is 9.65. The zero-order valence-corrected chi connectivity index (χ0v) is 34.9. The van der Waals surface area contributed by atoms with Crippen LogP contribution in [0.2, 0.25) is 0 Å². The van der Waals surface area contributed by atoms with Gasteiger partial charge in [0, 0.05) is 0 Å². The van der Waals surface area contributed by atoms with Crippen LogP contribution in [0.5, 0.6) is 0 Å². The summed E-state index contributed by atoms with van der Waals surface area (Å²) in [7, 11) is 0. The summed E-state index contributed by atoms with van der Waals surface area (Å²) < 4.78 is 36.4. The second kappa shape index (κ2) is 23.1. The number of esters is 7. The average Bonchev–Trinajstić information content (AvgIpc) is 3.25. The van der Waals surface area contributed by atoms with E-state index in [0.717, 1.165) is 41.5 Å². The molecule has 0 aliphatic carbocycles. The lowest BCUT2D eigenvalue weighted by Gasteiger charge is -2.33. The van der Waals surface area contributed by atoms with E-state index < -0.39 is 172 Å². The molecule has 0 saturated carbocycles. The minimum atomic E-state index is -2.12. The second-order valence-corrected chi connectivity index (χ2v) is 16.4. The van der Waals surface area contributed by atoms with Crippen LogP contribution in [0.4, 0.5) is 0 Å². The van der Waals surface area contributed by atoms with Crippen molar-refractivity contribution in [2.45, 2.75) is 55.4 Å². The van der Waals surface area contributed by atoms with Crippen molar-refractivity contribution in [2.24, 2.45) is 37.9 Å². The summed E-state index contributed by atoms with van der Waals surface area (Å²) in [6, 6.07) is 0. The van der Waals surface area contributed by atoms with Gasteiger partial charge < -0.3 is 74.0 Å². The molecule has 22 heteroatoms. The number of aliphatic hydroxyl groups is 8. The molecule has 342 valence electrons. The third kappa shape index (κ3) is 14.3. The largest absolute Gasteiger partial charge is 0.465 e. The predicted octanol–water partition coefficient (Wildman–Crippen LogP) is -3.21. The smallest absolute Gasteiger partial charge is 0.318 e. The van der Waals surface area contributed by atoms with Crippen molar-refractivity contribution in [3.63, 3.8) is 0 Å². The highest BCUT2D eigenvalue weighted by Gasteiger charge is 2.48. The van der Waals surface area contributed by atoms with Gasteiger partial charge in [-0.25, -0.2) is 0 Å². The third-order valence-corrected chi connectivity index (χ3v) is 9.65. The summed E-state index contributed by atoms with van der Waals surface area (Å²) in [6.45, 7) is -2.99. The first-order valence-electron chi connectivity index (χ1n) is 18.3. The number of carbonyl (C=O) groups is 7. The summed E-state index contributed by atoms with van der Waals surface area (Å²) >= 11 is 0. The molecule has 3 unspecified atom stereocenters. The van der Waals surface area contributed by atoms with E-state index in [0.29, 0.717) is 0 Å². The van der Waals surface area contributed by atoms with Crippen molar-refractivity contribution >= 4 is 41.8 Å². The Morgan fingerprint density at radius 1 is 0.288 bits per heavy atom. The molecule has 0 aromatic carbocycles. The molecule has 0 aromatic rings. The van der Waals surface area contributed by atoms with Crippen LogP contribution in [0.25, 0.3) is 0 Å². The number of carbonyl (C=O) groups excluding carboxylic acids is 7. The van der Waals surface area contributed by atoms with Gasteiger partial charge in [-0.1, -0.05) is 0 Å². The Bertz CT molecular complexity index is 1400. The highest BCUT2D eigenvalue weighted by molar-refractivity contribution is 5.83. The first-order chi connectivity index (χ1) is 27.2. The fraction of sp³-hybridized carbons (Fsp3) is 0.811. The number of ether oxygens (including phenoxy) is 7. The van der Waals surface area contributed by atoms with Crippen molar-refractivity contribution in [1.29, 1.82) is 0 Å². The van der Waals surface area contributed by atoms with Gasteiger partial charge in [-0.05, 0) is 55.4 Å². The van der Waals surface area contributed by atoms with Crippen molar-refractivity contribution in [3.8, 4) is 0 Å². The maximum Gasteiger partial charge on any atom is 0.318 e. The zero-order chi connectivity index (χ0) is 46.1. The van der Waals surface area contributed by atoms with Crippen LogP contribution in [0.1, 0.15) is 55.4 Å². The van der Waals surface area contributed by atoms with Gasteiger partial charge in [0.15, 0.2) is 0 Å². The molecule has 0 rings (SSSR count). The number of aliphatic hydroxyl groups excluding tert-OH is 8. The molecule has 0 saturated heterocycles. The van der Waals surface area contributed by atoms with E-state index in [2.05, 4.69) is 0 Å². The van der Waals surface area contributed by atoms with Crippen LogP contribution in [0.15, 0.2) is 0 Å². The number of hydrogen-bond donors (Lipinski definition) is 8. The van der Waals surface area contributed by atoms with Crippen LogP contribution in [0, 0.1) is 37.9 Å². The maximum atomic E-state index is 13.6. The molecule has 8 N–H and O–H groups in total. The Labute approximate surface area is 341 Å². The number of rotatable bonds is 28. The fourth-order valence-corrected chi connectivity index (χ4v) is 3.89. The molecule has 0 aliphatic heterocycles. The van der Waals surface area contributed by atoms with Crippen LogP contribution in [-0.2, 0) is 66.7 Å². The minimum absolute atomic E-state index is 0.0664. The minimum Gasteiger partial charge on any atom is -0.465 e. The van der Waals surface area contributed by atoms with Crippen molar-refractivity contribution in [1.82, 2.24) is 0 Å². The first-order valence-corrected chi connectivity index (χ1v) is 18.3. The van der Waals surface area contributed by atoms with E-state index in [9.17, 15) is 74.4 Å². The maximum absolute atomic E-state index is 13.6. The molecule has 0 aliphatic rings. The van der Waals surface area contributed by atoms with E-state index in [1.54, 1.807) is 0 Å². The lowest BCUT2D eigenvalue weighted by Crippen LogP contribution is -2.48. The first kappa shape index (κ1) is 55.0. The van der Waals surface area contributed by atoms with Crippen LogP contribution < -0.4 is 0 Å². The lowest BCUT2D eigenvalue weighted by molar-refractivity contribution is -0.184. The van der Waals surface area contributed by atoms with Gasteiger partial charge in [0.25, 0.3) is 0 Å². The van der Waals surface area contributed by atoms with Crippen molar-refractivity contribution in [3.05, 3.63) is 0 Å². The summed E-state index contributed by atoms with van der Waals surface area (Å²) in [5.41, 5.74) is -13.5. The normalized spacial score (nSPS) is 15.3. The Balaban J connectivity index is 6.46. The summed E-state index contributed by atoms with van der Waals surface area (Å²) in [5, 5.41) is 77.6. The van der Waals surface area contributed by atoms with Crippen molar-refractivity contribution in [2.75, 3.05) is 99.1 Å². The second-order valence-electron chi connectivity index (χ2n) is 16.4. The summed E-state index contributed by atoms with van der Waals surface area (Å²) in [6.07, 6.45) is 0. The van der Waals surface area contributed by atoms with Gasteiger partial charge in [0.2, 0.25) is 0 Å². The van der Waals surface area contributed by atoms with E-state index in [1.807, 2.05) is 0 Å². The van der Waals surface area contributed by atoms with Gasteiger partial charge >= 0.3 is 41.8 Å². The molecule has 59 heavy (non-hydrogen) atoms. The fourth-order valence-electron chi connectivity index (χ4n) is 3.89. The summed E-state index contributed by atoms with van der Waals surface area (Å²) in [5.74, 6) is -8.24. The molecule has 22 nitrogen and oxygen atoms in total. The van der Waals surface area contributed by atoms with Crippen LogP contribution in [-0.4, -0.2) is 182 Å². The van der Waals surface area contributed by atoms with Gasteiger partial charge in [-0.15, -0.1) is 0 Å². The zero-order valence-electron chi connectivity index (χ0n) is 34.9. The van der Waals surface area contributed by atoms with Gasteiger partial charge in [0.1, 0.15) is 77.5 Å². The van der Waals surface area contributed by atoms with Gasteiger partial charge in [-0.2, -0.15) is 0 Å². The molecule has 0 bridgehead atoms. The average molecular weight is 859 g/mol.